The monoisotopic (exact) mass is 390 g/mol. The van der Waals surface area contributed by atoms with Crippen LogP contribution in [0, 0.1) is 0 Å². The number of carboxylic acids is 1. The number of esters is 1. The molecule has 27 heavy (non-hydrogen) atoms. The number of allylic oxidation sites excluding steroid dienone is 2. The number of hydrogen-bond donors (Lipinski definition) is 0. The number of hydrogen-bond acceptors (Lipinski definition) is 4. The number of aliphatic carboxylic acids is 1. The molecule has 5 heteroatoms. The van der Waals surface area contributed by atoms with Crippen LogP contribution in [0.4, 0.5) is 0 Å². The van der Waals surface area contributed by atoms with Crippen molar-refractivity contribution in [3.63, 3.8) is 0 Å². The Morgan fingerprint density at radius 1 is 0.815 bits per heavy atom. The van der Waals surface area contributed by atoms with Gasteiger partial charge in [0.25, 0.3) is 0 Å². The zero-order valence-electron chi connectivity index (χ0n) is 18.2. The van der Waals surface area contributed by atoms with Gasteiger partial charge in [-0.15, -0.1) is 0 Å². The number of carbonyl (C=O) groups is 2. The summed E-state index contributed by atoms with van der Waals surface area (Å²) in [4.78, 5) is 22.4. The predicted octanol–water partition coefficient (Wildman–Crippen LogP) is 2.10. The molecule has 0 heterocycles. The molecule has 0 saturated heterocycles. The van der Waals surface area contributed by atoms with Crippen molar-refractivity contribution in [2.24, 2.45) is 0 Å². The van der Waals surface area contributed by atoms with Crippen molar-refractivity contribution in [1.82, 2.24) is 0 Å². The Morgan fingerprint density at radius 2 is 1.26 bits per heavy atom. The first-order valence-electron chi connectivity index (χ1n) is 10.5. The number of carbonyl (C=O) groups excluding carboxylic acids is 2. The topological polar surface area (TPSA) is 66.4 Å². The molecule has 0 aliphatic heterocycles. The van der Waals surface area contributed by atoms with Gasteiger partial charge in [-0.3, -0.25) is 4.79 Å². The van der Waals surface area contributed by atoms with Gasteiger partial charge in [0.2, 0.25) is 0 Å². The quantitative estimate of drug-likeness (QED) is 0.165. The molecular formula is C22H39NaO4. The standard InChI is InChI=1S/C22H40O4.Na/c1-4-5-6-7-8-9-10-11-12-13-14-15-16-17-18-19-20(23)26-22(2,3)21(24)25;/h11-12H,4-10,13-19H2,1-3H3,(H,24,25);/q;+1/p-1/b12-11-;. The van der Waals surface area contributed by atoms with E-state index in [1.165, 1.54) is 71.6 Å². The van der Waals surface area contributed by atoms with Gasteiger partial charge in [-0.05, 0) is 46.0 Å². The van der Waals surface area contributed by atoms with Gasteiger partial charge in [0.05, 0.1) is 5.97 Å². The first-order chi connectivity index (χ1) is 12.4. The summed E-state index contributed by atoms with van der Waals surface area (Å²) in [5.74, 6) is -1.83. The summed E-state index contributed by atoms with van der Waals surface area (Å²) in [7, 11) is 0. The predicted molar refractivity (Wildman–Crippen MR) is 105 cm³/mol. The molecule has 0 aromatic rings. The maximum atomic E-state index is 11.6. The molecule has 4 nitrogen and oxygen atoms in total. The molecule has 0 aromatic heterocycles. The van der Waals surface area contributed by atoms with E-state index in [-0.39, 0.29) is 36.0 Å². The van der Waals surface area contributed by atoms with Gasteiger partial charge >= 0.3 is 35.5 Å². The molecule has 0 bridgehead atoms. The smallest absolute Gasteiger partial charge is 0.546 e. The Morgan fingerprint density at radius 3 is 1.74 bits per heavy atom. The molecule has 0 fully saturated rings. The van der Waals surface area contributed by atoms with Crippen LogP contribution in [-0.4, -0.2) is 17.5 Å². The second kappa shape index (κ2) is 19.0. The molecular weight excluding hydrogens is 351 g/mol. The Hall–Kier alpha value is -0.320. The van der Waals surface area contributed by atoms with Gasteiger partial charge in [0, 0.05) is 6.42 Å². The summed E-state index contributed by atoms with van der Waals surface area (Å²) in [6.45, 7) is 4.91. The van der Waals surface area contributed by atoms with Gasteiger partial charge in [0.15, 0.2) is 0 Å². The number of ether oxygens (including phenoxy) is 1. The van der Waals surface area contributed by atoms with Crippen molar-refractivity contribution in [2.45, 2.75) is 116 Å². The molecule has 0 atom stereocenters. The van der Waals surface area contributed by atoms with E-state index in [0.29, 0.717) is 0 Å². The van der Waals surface area contributed by atoms with E-state index in [9.17, 15) is 14.7 Å². The third-order valence-corrected chi connectivity index (χ3v) is 4.50. The van der Waals surface area contributed by atoms with Crippen LogP contribution in [0.5, 0.6) is 0 Å². The summed E-state index contributed by atoms with van der Waals surface area (Å²) in [5.41, 5.74) is -1.54. The first-order valence-corrected chi connectivity index (χ1v) is 10.5. The van der Waals surface area contributed by atoms with Crippen molar-refractivity contribution in [3.8, 4) is 0 Å². The fraction of sp³-hybridized carbons (Fsp3) is 0.818. The second-order valence-electron chi connectivity index (χ2n) is 7.61. The van der Waals surface area contributed by atoms with Crippen LogP contribution in [0.15, 0.2) is 12.2 Å². The Kier molecular flexibility index (Phi) is 20.3. The van der Waals surface area contributed by atoms with Crippen molar-refractivity contribution in [2.75, 3.05) is 0 Å². The van der Waals surface area contributed by atoms with E-state index in [1.807, 2.05) is 0 Å². The number of unbranched alkanes of at least 4 members (excludes halogenated alkanes) is 11. The molecule has 0 aliphatic carbocycles. The van der Waals surface area contributed by atoms with Crippen molar-refractivity contribution in [1.29, 1.82) is 0 Å². The fourth-order valence-electron chi connectivity index (χ4n) is 2.72. The number of carboxylic acid groups (broad SMARTS) is 1. The zero-order chi connectivity index (χ0) is 19.7. The summed E-state index contributed by atoms with van der Waals surface area (Å²) in [6, 6.07) is 0. The zero-order valence-corrected chi connectivity index (χ0v) is 20.2. The SMILES string of the molecule is CCCCCCCC/C=C\CCCCCCCC(=O)OC(C)(C)C(=O)[O-].[Na+]. The second-order valence-corrected chi connectivity index (χ2v) is 7.61. The molecule has 0 unspecified atom stereocenters. The van der Waals surface area contributed by atoms with Crippen molar-refractivity contribution >= 4 is 11.9 Å². The first kappa shape index (κ1) is 28.9. The van der Waals surface area contributed by atoms with Gasteiger partial charge in [-0.1, -0.05) is 70.4 Å². The summed E-state index contributed by atoms with van der Waals surface area (Å²) in [5, 5.41) is 10.8. The Labute approximate surface area is 188 Å². The maximum Gasteiger partial charge on any atom is 1.00 e. The maximum absolute atomic E-state index is 11.6. The summed E-state index contributed by atoms with van der Waals surface area (Å²) in [6.07, 6.45) is 20.5. The van der Waals surface area contributed by atoms with E-state index >= 15 is 0 Å². The molecule has 0 aliphatic rings. The van der Waals surface area contributed by atoms with Gasteiger partial charge in [-0.25, -0.2) is 0 Å². The van der Waals surface area contributed by atoms with Crippen LogP contribution in [0.2, 0.25) is 0 Å². The Bertz CT molecular complexity index is 405. The van der Waals surface area contributed by atoms with E-state index < -0.39 is 17.5 Å². The minimum atomic E-state index is -1.54. The molecule has 152 valence electrons. The van der Waals surface area contributed by atoms with Crippen LogP contribution >= 0.6 is 0 Å². The number of rotatable bonds is 17. The van der Waals surface area contributed by atoms with E-state index in [0.717, 1.165) is 25.7 Å². The molecule has 0 spiro atoms. The van der Waals surface area contributed by atoms with Crippen LogP contribution in [0.3, 0.4) is 0 Å². The molecule has 0 aromatic carbocycles. The van der Waals surface area contributed by atoms with Crippen LogP contribution in [0.25, 0.3) is 0 Å². The van der Waals surface area contributed by atoms with Gasteiger partial charge < -0.3 is 14.6 Å². The molecule has 0 amide bonds. The third-order valence-electron chi connectivity index (χ3n) is 4.50. The summed E-state index contributed by atoms with van der Waals surface area (Å²) < 4.78 is 4.91. The third kappa shape index (κ3) is 18.8. The Balaban J connectivity index is 0. The molecule has 0 N–H and O–H groups in total. The van der Waals surface area contributed by atoms with Crippen molar-refractivity contribution < 1.29 is 49.0 Å². The van der Waals surface area contributed by atoms with Crippen LogP contribution in [0.1, 0.15) is 111 Å². The van der Waals surface area contributed by atoms with Gasteiger partial charge in [-0.2, -0.15) is 0 Å². The van der Waals surface area contributed by atoms with E-state index in [2.05, 4.69) is 19.1 Å². The molecule has 0 rings (SSSR count). The molecule has 0 radical (unpaired) electrons. The normalized spacial score (nSPS) is 11.4. The fourth-order valence-corrected chi connectivity index (χ4v) is 2.72. The largest absolute Gasteiger partial charge is 1.00 e. The minimum absolute atomic E-state index is 0. The van der Waals surface area contributed by atoms with Gasteiger partial charge in [0.1, 0.15) is 5.60 Å². The van der Waals surface area contributed by atoms with Crippen LogP contribution in [-0.2, 0) is 14.3 Å². The van der Waals surface area contributed by atoms with Crippen molar-refractivity contribution in [3.05, 3.63) is 12.2 Å². The van der Waals surface area contributed by atoms with Crippen LogP contribution < -0.4 is 34.7 Å². The summed E-state index contributed by atoms with van der Waals surface area (Å²) >= 11 is 0. The average molecular weight is 391 g/mol. The van der Waals surface area contributed by atoms with E-state index in [1.54, 1.807) is 0 Å². The minimum Gasteiger partial charge on any atom is -0.546 e. The average Bonchev–Trinajstić information content (AvgIpc) is 2.57. The molecule has 0 saturated carbocycles. The van der Waals surface area contributed by atoms with E-state index in [4.69, 9.17) is 4.74 Å².